The lowest BCUT2D eigenvalue weighted by Gasteiger charge is -2.03. The SMILES string of the molecule is Cc1ccc(-c2nc(Nc3ccc(S(=O)(=O)O)cc3)sc2C)cc1. The molecule has 124 valence electrons. The molecule has 0 atom stereocenters. The average Bonchev–Trinajstić information content (AvgIpc) is 2.88. The highest BCUT2D eigenvalue weighted by Gasteiger charge is 2.11. The fourth-order valence-corrected chi connectivity index (χ4v) is 3.60. The predicted molar refractivity (Wildman–Crippen MR) is 96.6 cm³/mol. The number of benzene rings is 2. The number of anilines is 2. The van der Waals surface area contributed by atoms with Crippen LogP contribution in [0, 0.1) is 13.8 Å². The molecule has 2 aromatic carbocycles. The van der Waals surface area contributed by atoms with Crippen LogP contribution < -0.4 is 5.32 Å². The summed E-state index contributed by atoms with van der Waals surface area (Å²) in [4.78, 5) is 5.57. The van der Waals surface area contributed by atoms with Crippen molar-refractivity contribution in [3.63, 3.8) is 0 Å². The maximum absolute atomic E-state index is 11.1. The first-order valence-corrected chi connectivity index (χ1v) is 9.47. The second kappa shape index (κ2) is 6.35. The van der Waals surface area contributed by atoms with Crippen LogP contribution in [0.1, 0.15) is 10.4 Å². The molecule has 0 spiro atoms. The van der Waals surface area contributed by atoms with Gasteiger partial charge in [-0.05, 0) is 38.1 Å². The molecule has 0 amide bonds. The number of hydrogen-bond acceptors (Lipinski definition) is 5. The average molecular weight is 360 g/mol. The molecule has 5 nitrogen and oxygen atoms in total. The fourth-order valence-electron chi connectivity index (χ4n) is 2.26. The summed E-state index contributed by atoms with van der Waals surface area (Å²) >= 11 is 1.53. The van der Waals surface area contributed by atoms with Gasteiger partial charge in [0.05, 0.1) is 10.6 Å². The van der Waals surface area contributed by atoms with Crippen LogP contribution in [0.5, 0.6) is 0 Å². The Hall–Kier alpha value is -2.22. The third-order valence-corrected chi connectivity index (χ3v) is 5.28. The van der Waals surface area contributed by atoms with Crippen LogP contribution in [-0.2, 0) is 10.1 Å². The van der Waals surface area contributed by atoms with Crippen LogP contribution in [0.2, 0.25) is 0 Å². The third kappa shape index (κ3) is 3.64. The van der Waals surface area contributed by atoms with Crippen LogP contribution in [0.25, 0.3) is 11.3 Å². The Bertz CT molecular complexity index is 960. The van der Waals surface area contributed by atoms with Gasteiger partial charge in [0.25, 0.3) is 10.1 Å². The highest BCUT2D eigenvalue weighted by atomic mass is 32.2. The molecule has 0 radical (unpaired) electrons. The van der Waals surface area contributed by atoms with Crippen LogP contribution in [0.4, 0.5) is 10.8 Å². The Labute approximate surface area is 144 Å². The van der Waals surface area contributed by atoms with E-state index in [0.29, 0.717) is 5.69 Å². The van der Waals surface area contributed by atoms with Gasteiger partial charge in [0.2, 0.25) is 0 Å². The number of nitrogens with zero attached hydrogens (tertiary/aromatic N) is 1. The molecule has 3 aromatic rings. The first-order valence-electron chi connectivity index (χ1n) is 7.22. The molecule has 0 aliphatic heterocycles. The Balaban J connectivity index is 1.84. The molecular formula is C17H16N2O3S2. The maximum atomic E-state index is 11.1. The number of thiazole rings is 1. The van der Waals surface area contributed by atoms with Gasteiger partial charge < -0.3 is 5.32 Å². The number of aromatic nitrogens is 1. The lowest BCUT2D eigenvalue weighted by Crippen LogP contribution is -1.98. The van der Waals surface area contributed by atoms with E-state index in [0.717, 1.165) is 21.3 Å². The Morgan fingerprint density at radius 3 is 2.21 bits per heavy atom. The molecule has 1 aromatic heterocycles. The molecule has 7 heteroatoms. The van der Waals surface area contributed by atoms with Crippen LogP contribution >= 0.6 is 11.3 Å². The number of rotatable bonds is 4. The van der Waals surface area contributed by atoms with Gasteiger partial charge in [-0.1, -0.05) is 29.8 Å². The summed E-state index contributed by atoms with van der Waals surface area (Å²) in [5, 5.41) is 3.88. The number of nitrogens with one attached hydrogen (secondary N) is 1. The normalized spacial score (nSPS) is 11.5. The molecule has 0 bridgehead atoms. The van der Waals surface area contributed by atoms with Crippen molar-refractivity contribution in [2.45, 2.75) is 18.7 Å². The minimum atomic E-state index is -4.18. The zero-order chi connectivity index (χ0) is 17.3. The molecule has 0 saturated carbocycles. The topological polar surface area (TPSA) is 79.3 Å². The highest BCUT2D eigenvalue weighted by Crippen LogP contribution is 2.32. The summed E-state index contributed by atoms with van der Waals surface area (Å²) in [6.45, 7) is 4.06. The van der Waals surface area contributed by atoms with E-state index in [9.17, 15) is 8.42 Å². The summed E-state index contributed by atoms with van der Waals surface area (Å²) in [6, 6.07) is 14.1. The summed E-state index contributed by atoms with van der Waals surface area (Å²) in [6.07, 6.45) is 0. The monoisotopic (exact) mass is 360 g/mol. The minimum Gasteiger partial charge on any atom is -0.332 e. The standard InChI is InChI=1S/C17H16N2O3S2/c1-11-3-5-13(6-4-11)16-12(2)23-17(19-16)18-14-7-9-15(10-8-14)24(20,21)22/h3-10H,1-2H3,(H,18,19)(H,20,21,22). The van der Waals surface area contributed by atoms with E-state index in [1.807, 2.05) is 26.0 Å². The molecule has 0 fully saturated rings. The van der Waals surface area contributed by atoms with E-state index < -0.39 is 10.1 Å². The molecule has 2 N–H and O–H groups in total. The number of hydrogen-bond donors (Lipinski definition) is 2. The van der Waals surface area contributed by atoms with E-state index >= 15 is 0 Å². The van der Waals surface area contributed by atoms with Crippen molar-refractivity contribution in [2.75, 3.05) is 5.32 Å². The van der Waals surface area contributed by atoms with Crippen LogP contribution in [0.15, 0.2) is 53.4 Å². The summed E-state index contributed by atoms with van der Waals surface area (Å²) < 4.78 is 31.1. The van der Waals surface area contributed by atoms with Crippen molar-refractivity contribution in [3.8, 4) is 11.3 Å². The number of aryl methyl sites for hydroxylation is 2. The largest absolute Gasteiger partial charge is 0.332 e. The van der Waals surface area contributed by atoms with Gasteiger partial charge in [-0.25, -0.2) is 4.98 Å². The second-order valence-electron chi connectivity index (χ2n) is 5.41. The van der Waals surface area contributed by atoms with Gasteiger partial charge in [-0.2, -0.15) is 8.42 Å². The van der Waals surface area contributed by atoms with Gasteiger partial charge >= 0.3 is 0 Å². The predicted octanol–water partition coefficient (Wildman–Crippen LogP) is 4.42. The molecule has 1 heterocycles. The Morgan fingerprint density at radius 2 is 1.62 bits per heavy atom. The summed E-state index contributed by atoms with van der Waals surface area (Å²) in [7, 11) is -4.18. The van der Waals surface area contributed by atoms with Gasteiger partial charge in [0.1, 0.15) is 0 Å². The highest BCUT2D eigenvalue weighted by molar-refractivity contribution is 7.85. The van der Waals surface area contributed by atoms with Crippen molar-refractivity contribution >= 4 is 32.3 Å². The van der Waals surface area contributed by atoms with E-state index in [2.05, 4.69) is 22.4 Å². The second-order valence-corrected chi connectivity index (χ2v) is 8.04. The van der Waals surface area contributed by atoms with E-state index in [4.69, 9.17) is 4.55 Å². The van der Waals surface area contributed by atoms with Crippen molar-refractivity contribution in [2.24, 2.45) is 0 Å². The van der Waals surface area contributed by atoms with Crippen LogP contribution in [-0.4, -0.2) is 18.0 Å². The van der Waals surface area contributed by atoms with Crippen molar-refractivity contribution in [3.05, 3.63) is 59.0 Å². The van der Waals surface area contributed by atoms with Gasteiger partial charge in [0, 0.05) is 16.1 Å². The fraction of sp³-hybridized carbons (Fsp3) is 0.118. The van der Waals surface area contributed by atoms with Gasteiger partial charge in [-0.3, -0.25) is 4.55 Å². The molecule has 24 heavy (non-hydrogen) atoms. The first-order chi connectivity index (χ1) is 11.3. The first kappa shape index (κ1) is 16.6. The molecule has 0 aliphatic carbocycles. The molecule has 0 saturated heterocycles. The third-order valence-electron chi connectivity index (χ3n) is 3.53. The van der Waals surface area contributed by atoms with E-state index in [1.165, 1.54) is 29.0 Å². The molecular weight excluding hydrogens is 344 g/mol. The van der Waals surface area contributed by atoms with E-state index in [-0.39, 0.29) is 4.90 Å². The van der Waals surface area contributed by atoms with E-state index in [1.54, 1.807) is 12.1 Å². The Kier molecular flexibility index (Phi) is 4.40. The zero-order valence-electron chi connectivity index (χ0n) is 13.1. The Morgan fingerprint density at radius 1 is 1.00 bits per heavy atom. The molecule has 3 rings (SSSR count). The minimum absolute atomic E-state index is 0.135. The quantitative estimate of drug-likeness (QED) is 0.674. The zero-order valence-corrected chi connectivity index (χ0v) is 14.8. The lowest BCUT2D eigenvalue weighted by atomic mass is 10.1. The van der Waals surface area contributed by atoms with Crippen molar-refractivity contribution < 1.29 is 13.0 Å². The summed E-state index contributed by atoms with van der Waals surface area (Å²) in [5.41, 5.74) is 3.89. The molecule has 0 unspecified atom stereocenters. The van der Waals surface area contributed by atoms with Crippen LogP contribution in [0.3, 0.4) is 0 Å². The van der Waals surface area contributed by atoms with Gasteiger partial charge in [-0.15, -0.1) is 11.3 Å². The van der Waals surface area contributed by atoms with Crippen molar-refractivity contribution in [1.82, 2.24) is 4.98 Å². The smallest absolute Gasteiger partial charge is 0.294 e. The summed E-state index contributed by atoms with van der Waals surface area (Å²) in [5.74, 6) is 0. The molecule has 0 aliphatic rings. The maximum Gasteiger partial charge on any atom is 0.294 e. The lowest BCUT2D eigenvalue weighted by molar-refractivity contribution is 0.483. The van der Waals surface area contributed by atoms with Crippen molar-refractivity contribution in [1.29, 1.82) is 0 Å². The van der Waals surface area contributed by atoms with Gasteiger partial charge in [0.15, 0.2) is 5.13 Å².